The molecule has 0 N–H and O–H groups in total. The molecule has 4 nitrogen and oxygen atoms in total. The predicted molar refractivity (Wildman–Crippen MR) is 56.2 cm³/mol. The van der Waals surface area contributed by atoms with Gasteiger partial charge in [0.05, 0.1) is 6.61 Å². The lowest BCUT2D eigenvalue weighted by molar-refractivity contribution is -0.146. The number of ether oxygens (including phenoxy) is 2. The molecule has 0 radical (unpaired) electrons. The Morgan fingerprint density at radius 1 is 1.20 bits per heavy atom. The molecule has 84 valence electrons. The molecule has 0 fully saturated rings. The molecule has 0 aliphatic heterocycles. The molecular formula is C11H16O4. The number of hydrogen-bond acceptors (Lipinski definition) is 4. The third kappa shape index (κ3) is 5.67. The van der Waals surface area contributed by atoms with Crippen LogP contribution in [0.1, 0.15) is 20.8 Å². The van der Waals surface area contributed by atoms with Gasteiger partial charge in [-0.15, -0.1) is 0 Å². The van der Waals surface area contributed by atoms with Crippen molar-refractivity contribution in [1.82, 2.24) is 0 Å². The average Bonchev–Trinajstić information content (AvgIpc) is 2.16. The van der Waals surface area contributed by atoms with Crippen molar-refractivity contribution in [2.45, 2.75) is 20.8 Å². The SMILES string of the molecule is C=C(C(=O)OCC)C(=O)OCC=C(C)C. The quantitative estimate of drug-likeness (QED) is 0.228. The van der Waals surface area contributed by atoms with Crippen molar-refractivity contribution in [1.29, 1.82) is 0 Å². The predicted octanol–water partition coefficient (Wildman–Crippen LogP) is 1.62. The highest BCUT2D eigenvalue weighted by atomic mass is 16.6. The van der Waals surface area contributed by atoms with Gasteiger partial charge in [0.25, 0.3) is 0 Å². The summed E-state index contributed by atoms with van der Waals surface area (Å²) >= 11 is 0. The zero-order valence-corrected chi connectivity index (χ0v) is 9.33. The number of allylic oxidation sites excluding steroid dienone is 1. The van der Waals surface area contributed by atoms with Crippen LogP contribution in [0.5, 0.6) is 0 Å². The molecule has 0 saturated heterocycles. The minimum absolute atomic E-state index is 0.138. The van der Waals surface area contributed by atoms with Crippen LogP contribution in [0, 0.1) is 0 Å². The summed E-state index contributed by atoms with van der Waals surface area (Å²) in [4.78, 5) is 22.2. The van der Waals surface area contributed by atoms with Crippen LogP contribution in [-0.4, -0.2) is 25.2 Å². The third-order valence-corrected chi connectivity index (χ3v) is 1.47. The molecule has 0 bridgehead atoms. The van der Waals surface area contributed by atoms with Crippen molar-refractivity contribution in [3.8, 4) is 0 Å². The van der Waals surface area contributed by atoms with E-state index in [4.69, 9.17) is 4.74 Å². The maximum Gasteiger partial charge on any atom is 0.345 e. The lowest BCUT2D eigenvalue weighted by Gasteiger charge is -2.04. The number of carbonyl (C=O) groups is 2. The Bertz CT molecular complexity index is 285. The van der Waals surface area contributed by atoms with Gasteiger partial charge in [-0.3, -0.25) is 0 Å². The fraction of sp³-hybridized carbons (Fsp3) is 0.455. The summed E-state index contributed by atoms with van der Waals surface area (Å²) in [7, 11) is 0. The molecular weight excluding hydrogens is 196 g/mol. The number of rotatable bonds is 5. The first-order chi connectivity index (χ1) is 6.99. The Kier molecular flexibility index (Phi) is 6.09. The van der Waals surface area contributed by atoms with E-state index in [-0.39, 0.29) is 18.8 Å². The van der Waals surface area contributed by atoms with Crippen molar-refractivity contribution in [3.05, 3.63) is 23.8 Å². The second kappa shape index (κ2) is 6.81. The van der Waals surface area contributed by atoms with Crippen LogP contribution in [0.3, 0.4) is 0 Å². The first-order valence-electron chi connectivity index (χ1n) is 4.65. The summed E-state index contributed by atoms with van der Waals surface area (Å²) in [5.74, 6) is -1.48. The summed E-state index contributed by atoms with van der Waals surface area (Å²) in [5.41, 5.74) is 0.753. The van der Waals surface area contributed by atoms with E-state index in [0.717, 1.165) is 5.57 Å². The number of esters is 2. The molecule has 0 aliphatic rings. The second-order valence-corrected chi connectivity index (χ2v) is 3.08. The summed E-state index contributed by atoms with van der Waals surface area (Å²) in [5, 5.41) is 0. The van der Waals surface area contributed by atoms with Crippen LogP contribution in [0.15, 0.2) is 23.8 Å². The Hall–Kier alpha value is -1.58. The van der Waals surface area contributed by atoms with E-state index in [1.807, 2.05) is 13.8 Å². The van der Waals surface area contributed by atoms with Gasteiger partial charge in [-0.05, 0) is 26.8 Å². The van der Waals surface area contributed by atoms with E-state index in [1.165, 1.54) is 0 Å². The highest BCUT2D eigenvalue weighted by molar-refractivity contribution is 6.13. The van der Waals surface area contributed by atoms with Crippen molar-refractivity contribution in [2.75, 3.05) is 13.2 Å². The first-order valence-corrected chi connectivity index (χ1v) is 4.65. The van der Waals surface area contributed by atoms with E-state index < -0.39 is 11.9 Å². The molecule has 0 amide bonds. The summed E-state index contributed by atoms with van der Waals surface area (Å²) in [6.07, 6.45) is 1.73. The Morgan fingerprint density at radius 3 is 2.20 bits per heavy atom. The summed E-state index contributed by atoms with van der Waals surface area (Å²) < 4.78 is 9.36. The van der Waals surface area contributed by atoms with Crippen molar-refractivity contribution >= 4 is 11.9 Å². The van der Waals surface area contributed by atoms with Crippen LogP contribution in [0.2, 0.25) is 0 Å². The largest absolute Gasteiger partial charge is 0.462 e. The van der Waals surface area contributed by atoms with Crippen LogP contribution >= 0.6 is 0 Å². The molecule has 0 aromatic rings. The topological polar surface area (TPSA) is 52.6 Å². The van der Waals surface area contributed by atoms with Crippen LogP contribution in [0.25, 0.3) is 0 Å². The van der Waals surface area contributed by atoms with Gasteiger partial charge in [0.2, 0.25) is 0 Å². The molecule has 0 atom stereocenters. The highest BCUT2D eigenvalue weighted by Crippen LogP contribution is 1.99. The van der Waals surface area contributed by atoms with Gasteiger partial charge in [-0.25, -0.2) is 9.59 Å². The minimum Gasteiger partial charge on any atom is -0.462 e. The molecule has 0 saturated carbocycles. The van der Waals surface area contributed by atoms with Crippen LogP contribution < -0.4 is 0 Å². The van der Waals surface area contributed by atoms with Crippen molar-refractivity contribution < 1.29 is 19.1 Å². The van der Waals surface area contributed by atoms with Crippen molar-refractivity contribution in [2.24, 2.45) is 0 Å². The van der Waals surface area contributed by atoms with E-state index in [0.29, 0.717) is 0 Å². The van der Waals surface area contributed by atoms with Gasteiger partial charge < -0.3 is 9.47 Å². The van der Waals surface area contributed by atoms with Crippen LogP contribution in [0.4, 0.5) is 0 Å². The first kappa shape index (κ1) is 13.4. The molecule has 0 spiro atoms. The molecule has 0 aliphatic carbocycles. The highest BCUT2D eigenvalue weighted by Gasteiger charge is 2.17. The lowest BCUT2D eigenvalue weighted by atomic mass is 10.3. The van der Waals surface area contributed by atoms with E-state index >= 15 is 0 Å². The molecule has 0 heterocycles. The summed E-state index contributed by atoms with van der Waals surface area (Å²) in [6, 6.07) is 0. The van der Waals surface area contributed by atoms with Gasteiger partial charge in [-0.2, -0.15) is 0 Å². The number of carbonyl (C=O) groups excluding carboxylic acids is 2. The zero-order valence-electron chi connectivity index (χ0n) is 9.33. The molecule has 4 heteroatoms. The van der Waals surface area contributed by atoms with Gasteiger partial charge >= 0.3 is 11.9 Å². The van der Waals surface area contributed by atoms with Gasteiger partial charge in [0.15, 0.2) is 0 Å². The van der Waals surface area contributed by atoms with Gasteiger partial charge in [0.1, 0.15) is 12.2 Å². The molecule has 0 aromatic carbocycles. The molecule has 0 unspecified atom stereocenters. The monoisotopic (exact) mass is 212 g/mol. The smallest absolute Gasteiger partial charge is 0.345 e. The van der Waals surface area contributed by atoms with E-state index in [9.17, 15) is 9.59 Å². The summed E-state index contributed by atoms with van der Waals surface area (Å²) in [6.45, 7) is 9.07. The fourth-order valence-electron chi connectivity index (χ4n) is 0.673. The zero-order chi connectivity index (χ0) is 11.8. The maximum absolute atomic E-state index is 11.2. The standard InChI is InChI=1S/C11H16O4/c1-5-14-10(12)9(4)11(13)15-7-6-8(2)3/h6H,4-5,7H2,1-3H3. The maximum atomic E-state index is 11.2. The molecule has 15 heavy (non-hydrogen) atoms. The van der Waals surface area contributed by atoms with Gasteiger partial charge in [-0.1, -0.05) is 12.2 Å². The molecule has 0 aromatic heterocycles. The number of hydrogen-bond donors (Lipinski definition) is 0. The van der Waals surface area contributed by atoms with Crippen molar-refractivity contribution in [3.63, 3.8) is 0 Å². The second-order valence-electron chi connectivity index (χ2n) is 3.08. The average molecular weight is 212 g/mol. The van der Waals surface area contributed by atoms with E-state index in [2.05, 4.69) is 11.3 Å². The third-order valence-electron chi connectivity index (χ3n) is 1.47. The minimum atomic E-state index is -0.744. The Labute approximate surface area is 89.6 Å². The fourth-order valence-corrected chi connectivity index (χ4v) is 0.673. The normalized spacial score (nSPS) is 9.00. The molecule has 0 rings (SSSR count). The Morgan fingerprint density at radius 2 is 1.73 bits per heavy atom. The van der Waals surface area contributed by atoms with Gasteiger partial charge in [0, 0.05) is 0 Å². The van der Waals surface area contributed by atoms with Crippen LogP contribution in [-0.2, 0) is 19.1 Å². The lowest BCUT2D eigenvalue weighted by Crippen LogP contribution is -2.17. The Balaban J connectivity index is 4.06. The van der Waals surface area contributed by atoms with E-state index in [1.54, 1.807) is 13.0 Å².